The average molecular weight is 279 g/mol. The molecule has 0 bridgehead atoms. The van der Waals surface area contributed by atoms with Crippen LogP contribution >= 0.6 is 0 Å². The number of fused-ring (bicyclic) bond motifs is 1. The molecule has 0 fully saturated rings. The van der Waals surface area contributed by atoms with Crippen LogP contribution in [0.25, 0.3) is 0 Å². The van der Waals surface area contributed by atoms with Gasteiger partial charge in [-0.1, -0.05) is 12.1 Å². The number of aryl methyl sites for hydroxylation is 2. The summed E-state index contributed by atoms with van der Waals surface area (Å²) in [4.78, 5) is 0. The third-order valence-corrected chi connectivity index (χ3v) is 4.03. The fourth-order valence-corrected chi connectivity index (χ4v) is 2.75. The smallest absolute Gasteiger partial charge is 0.120 e. The van der Waals surface area contributed by atoms with Gasteiger partial charge in [0.1, 0.15) is 12.4 Å². The van der Waals surface area contributed by atoms with E-state index < -0.39 is 0 Å². The molecule has 2 aromatic rings. The predicted octanol–water partition coefficient (Wildman–Crippen LogP) is 3.43. The summed E-state index contributed by atoms with van der Waals surface area (Å²) in [5, 5.41) is 18.7. The second kappa shape index (κ2) is 5.59. The first-order valence-electron chi connectivity index (χ1n) is 7.10. The maximum Gasteiger partial charge on any atom is 0.120 e. The van der Waals surface area contributed by atoms with Gasteiger partial charge in [-0.25, -0.2) is 0 Å². The Balaban J connectivity index is 1.72. The Hall–Kier alpha value is -2.31. The summed E-state index contributed by atoms with van der Waals surface area (Å²) in [6, 6.07) is 13.6. The molecule has 0 saturated heterocycles. The van der Waals surface area contributed by atoms with Gasteiger partial charge in [0.25, 0.3) is 0 Å². The van der Waals surface area contributed by atoms with E-state index in [-0.39, 0.29) is 6.10 Å². The van der Waals surface area contributed by atoms with Crippen molar-refractivity contribution in [2.45, 2.75) is 32.5 Å². The van der Waals surface area contributed by atoms with Crippen molar-refractivity contribution in [1.82, 2.24) is 0 Å². The summed E-state index contributed by atoms with van der Waals surface area (Å²) in [6.45, 7) is 2.47. The molecule has 0 aliphatic heterocycles. The van der Waals surface area contributed by atoms with E-state index in [0.717, 1.165) is 35.3 Å². The Morgan fingerprint density at radius 1 is 1.29 bits per heavy atom. The number of hydrogen-bond acceptors (Lipinski definition) is 3. The van der Waals surface area contributed by atoms with Crippen LogP contribution < -0.4 is 4.74 Å². The third kappa shape index (κ3) is 2.76. The van der Waals surface area contributed by atoms with Crippen LogP contribution in [0.15, 0.2) is 36.4 Å². The molecule has 3 nitrogen and oxygen atoms in total. The van der Waals surface area contributed by atoms with Gasteiger partial charge in [0.15, 0.2) is 0 Å². The Labute approximate surface area is 124 Å². The van der Waals surface area contributed by atoms with E-state index in [4.69, 9.17) is 10.00 Å². The van der Waals surface area contributed by atoms with Crippen molar-refractivity contribution in [2.24, 2.45) is 0 Å². The number of aliphatic hydroxyl groups excluding tert-OH is 1. The van der Waals surface area contributed by atoms with Crippen molar-refractivity contribution in [1.29, 1.82) is 5.26 Å². The molecule has 106 valence electrons. The second-order valence-electron chi connectivity index (χ2n) is 5.46. The molecule has 1 aliphatic rings. The number of aliphatic hydroxyl groups is 1. The number of benzene rings is 2. The third-order valence-electron chi connectivity index (χ3n) is 4.03. The number of nitrogens with zero attached hydrogens (tertiary/aromatic N) is 1. The molecule has 3 rings (SSSR count). The Kier molecular flexibility index (Phi) is 3.64. The minimum Gasteiger partial charge on any atom is -0.489 e. The fraction of sp³-hybridized carbons (Fsp3) is 0.278. The standard InChI is InChI=1S/C18H17NO2/c1-12-8-13(10-19)2-3-15(12)11-21-16-5-6-17-14(9-16)4-7-18(17)20/h2-3,5-6,8-9,18,20H,4,7,11H2,1H3/t18-/m0/s1. The van der Waals surface area contributed by atoms with Crippen LogP contribution in [-0.4, -0.2) is 5.11 Å². The summed E-state index contributed by atoms with van der Waals surface area (Å²) >= 11 is 0. The summed E-state index contributed by atoms with van der Waals surface area (Å²) in [7, 11) is 0. The first kappa shape index (κ1) is 13.7. The van der Waals surface area contributed by atoms with E-state index in [1.807, 2.05) is 43.3 Å². The van der Waals surface area contributed by atoms with E-state index >= 15 is 0 Å². The largest absolute Gasteiger partial charge is 0.489 e. The predicted molar refractivity (Wildman–Crippen MR) is 79.9 cm³/mol. The molecule has 0 radical (unpaired) electrons. The van der Waals surface area contributed by atoms with Gasteiger partial charge in [0, 0.05) is 0 Å². The van der Waals surface area contributed by atoms with Crippen LogP contribution in [-0.2, 0) is 13.0 Å². The lowest BCUT2D eigenvalue weighted by molar-refractivity contribution is 0.180. The van der Waals surface area contributed by atoms with Crippen molar-refractivity contribution in [3.63, 3.8) is 0 Å². The molecule has 2 aromatic carbocycles. The zero-order valence-corrected chi connectivity index (χ0v) is 12.0. The van der Waals surface area contributed by atoms with Gasteiger partial charge < -0.3 is 9.84 Å². The van der Waals surface area contributed by atoms with Crippen LogP contribution in [0.1, 0.15) is 40.3 Å². The van der Waals surface area contributed by atoms with Crippen molar-refractivity contribution in [2.75, 3.05) is 0 Å². The van der Waals surface area contributed by atoms with Crippen LogP contribution in [0.4, 0.5) is 0 Å². The Morgan fingerprint density at radius 3 is 2.90 bits per heavy atom. The summed E-state index contributed by atoms with van der Waals surface area (Å²) in [6.07, 6.45) is 1.38. The highest BCUT2D eigenvalue weighted by Crippen LogP contribution is 2.33. The summed E-state index contributed by atoms with van der Waals surface area (Å²) in [5.74, 6) is 0.826. The van der Waals surface area contributed by atoms with Crippen molar-refractivity contribution in [3.05, 3.63) is 64.2 Å². The molecule has 1 atom stereocenters. The van der Waals surface area contributed by atoms with Crippen molar-refractivity contribution in [3.8, 4) is 11.8 Å². The quantitative estimate of drug-likeness (QED) is 0.936. The van der Waals surface area contributed by atoms with Crippen LogP contribution in [0.5, 0.6) is 5.75 Å². The molecular formula is C18H17NO2. The average Bonchev–Trinajstić information content (AvgIpc) is 2.87. The minimum absolute atomic E-state index is 0.324. The molecule has 21 heavy (non-hydrogen) atoms. The Morgan fingerprint density at radius 2 is 2.14 bits per heavy atom. The summed E-state index contributed by atoms with van der Waals surface area (Å²) in [5.41, 5.74) is 5.01. The van der Waals surface area contributed by atoms with E-state index in [9.17, 15) is 5.11 Å². The molecule has 0 unspecified atom stereocenters. The molecule has 0 aromatic heterocycles. The SMILES string of the molecule is Cc1cc(C#N)ccc1COc1ccc2c(c1)CC[C@@H]2O. The van der Waals surface area contributed by atoms with E-state index in [2.05, 4.69) is 6.07 Å². The maximum atomic E-state index is 9.80. The van der Waals surface area contributed by atoms with Crippen molar-refractivity contribution < 1.29 is 9.84 Å². The maximum absolute atomic E-state index is 9.80. The second-order valence-corrected chi connectivity index (χ2v) is 5.46. The molecule has 0 spiro atoms. The van der Waals surface area contributed by atoms with Gasteiger partial charge >= 0.3 is 0 Å². The van der Waals surface area contributed by atoms with E-state index in [1.165, 1.54) is 5.56 Å². The molecule has 1 N–H and O–H groups in total. The fourth-order valence-electron chi connectivity index (χ4n) is 2.75. The lowest BCUT2D eigenvalue weighted by Crippen LogP contribution is -1.99. The zero-order valence-electron chi connectivity index (χ0n) is 12.0. The van der Waals surface area contributed by atoms with Gasteiger partial charge in [0.2, 0.25) is 0 Å². The first-order chi connectivity index (χ1) is 10.2. The van der Waals surface area contributed by atoms with E-state index in [0.29, 0.717) is 12.2 Å². The topological polar surface area (TPSA) is 53.2 Å². The van der Waals surface area contributed by atoms with Gasteiger partial charge in [-0.15, -0.1) is 0 Å². The van der Waals surface area contributed by atoms with Crippen LogP contribution in [0, 0.1) is 18.3 Å². The van der Waals surface area contributed by atoms with Crippen molar-refractivity contribution >= 4 is 0 Å². The van der Waals surface area contributed by atoms with Crippen LogP contribution in [0.3, 0.4) is 0 Å². The van der Waals surface area contributed by atoms with Gasteiger partial charge in [-0.3, -0.25) is 0 Å². The molecule has 1 aliphatic carbocycles. The summed E-state index contributed by atoms with van der Waals surface area (Å²) < 4.78 is 5.84. The monoisotopic (exact) mass is 279 g/mol. The number of hydrogen-bond donors (Lipinski definition) is 1. The molecule has 0 heterocycles. The van der Waals surface area contributed by atoms with E-state index in [1.54, 1.807) is 0 Å². The van der Waals surface area contributed by atoms with Crippen LogP contribution in [0.2, 0.25) is 0 Å². The Bertz CT molecular complexity index is 716. The highest BCUT2D eigenvalue weighted by Gasteiger charge is 2.20. The number of rotatable bonds is 3. The van der Waals surface area contributed by atoms with Gasteiger partial charge in [0.05, 0.1) is 17.7 Å². The highest BCUT2D eigenvalue weighted by molar-refractivity contribution is 5.41. The lowest BCUT2D eigenvalue weighted by Gasteiger charge is -2.11. The van der Waals surface area contributed by atoms with Gasteiger partial charge in [-0.05, 0) is 66.3 Å². The molecule has 0 saturated carbocycles. The number of nitriles is 1. The zero-order chi connectivity index (χ0) is 14.8. The lowest BCUT2D eigenvalue weighted by atomic mass is 10.1. The molecule has 3 heteroatoms. The minimum atomic E-state index is -0.324. The first-order valence-corrected chi connectivity index (χ1v) is 7.10. The molecule has 0 amide bonds. The number of ether oxygens (including phenoxy) is 1. The highest BCUT2D eigenvalue weighted by atomic mass is 16.5. The van der Waals surface area contributed by atoms with Gasteiger partial charge in [-0.2, -0.15) is 5.26 Å². The normalized spacial score (nSPS) is 16.3. The molecular weight excluding hydrogens is 262 g/mol.